The fraction of sp³-hybridized carbons (Fsp3) is 0. The molecule has 2 N–H and O–H groups in total. The lowest BCUT2D eigenvalue weighted by atomic mass is 10.6. The van der Waals surface area contributed by atoms with E-state index in [1.165, 1.54) is 0 Å². The lowest BCUT2D eigenvalue weighted by Gasteiger charge is -2.01. The molecule has 0 bridgehead atoms. The summed E-state index contributed by atoms with van der Waals surface area (Å²) in [4.78, 5) is 17.3. The summed E-state index contributed by atoms with van der Waals surface area (Å²) in [7, 11) is 0. The van der Waals surface area contributed by atoms with Crippen LogP contribution in [0.1, 0.15) is 0 Å². The van der Waals surface area contributed by atoms with Gasteiger partial charge in [-0.25, -0.2) is 14.8 Å². The molecule has 1 rings (SSSR count). The molecule has 7 heteroatoms. The van der Waals surface area contributed by atoms with E-state index in [0.717, 1.165) is 6.33 Å². The van der Waals surface area contributed by atoms with Crippen molar-refractivity contribution in [3.8, 4) is 0 Å². The summed E-state index contributed by atoms with van der Waals surface area (Å²) < 4.78 is 0. The van der Waals surface area contributed by atoms with Gasteiger partial charge in [-0.2, -0.15) is 0 Å². The summed E-state index contributed by atoms with van der Waals surface area (Å²) in [5, 5.41) is 10.3. The summed E-state index contributed by atoms with van der Waals surface area (Å²) in [6, 6.07) is 0. The van der Waals surface area contributed by atoms with E-state index in [9.17, 15) is 4.79 Å². The van der Waals surface area contributed by atoms with Gasteiger partial charge in [0.25, 0.3) is 0 Å². The van der Waals surface area contributed by atoms with Gasteiger partial charge in [-0.15, -0.1) is 0 Å². The van der Waals surface area contributed by atoms with Crippen molar-refractivity contribution in [1.29, 1.82) is 0 Å². The predicted molar refractivity (Wildman–Crippen MR) is 43.7 cm³/mol. The van der Waals surface area contributed by atoms with Crippen molar-refractivity contribution in [2.75, 3.05) is 5.32 Å². The number of anilines is 1. The maximum atomic E-state index is 10.2. The molecule has 0 aliphatic carbocycles. The third-order valence-electron chi connectivity index (χ3n) is 0.972. The zero-order valence-electron chi connectivity index (χ0n) is 5.58. The molecule has 0 radical (unpaired) electrons. The third kappa shape index (κ3) is 1.96. The van der Waals surface area contributed by atoms with Crippen molar-refractivity contribution >= 4 is 35.1 Å². The van der Waals surface area contributed by atoms with Crippen LogP contribution in [0.5, 0.6) is 0 Å². The van der Waals surface area contributed by atoms with Crippen LogP contribution in [0.25, 0.3) is 0 Å². The van der Waals surface area contributed by atoms with Crippen LogP contribution in [-0.2, 0) is 0 Å². The molecule has 0 aliphatic rings. The first-order chi connectivity index (χ1) is 5.61. The summed E-state index contributed by atoms with van der Waals surface area (Å²) in [6.45, 7) is 0. The molecule has 5 nitrogen and oxygen atoms in total. The minimum atomic E-state index is -1.26. The first-order valence-corrected chi connectivity index (χ1v) is 3.53. The van der Waals surface area contributed by atoms with E-state index >= 15 is 0 Å². The Morgan fingerprint density at radius 3 is 2.75 bits per heavy atom. The molecule has 0 saturated heterocycles. The van der Waals surface area contributed by atoms with Crippen LogP contribution in [-0.4, -0.2) is 21.2 Å². The average molecular weight is 208 g/mol. The first-order valence-electron chi connectivity index (χ1n) is 2.77. The zero-order valence-corrected chi connectivity index (χ0v) is 7.10. The van der Waals surface area contributed by atoms with Gasteiger partial charge in [0, 0.05) is 0 Å². The van der Waals surface area contributed by atoms with E-state index in [4.69, 9.17) is 28.3 Å². The van der Waals surface area contributed by atoms with Gasteiger partial charge in [-0.05, 0) is 0 Å². The number of hydrogen-bond donors (Lipinski definition) is 2. The van der Waals surface area contributed by atoms with E-state index in [1.807, 2.05) is 5.32 Å². The van der Waals surface area contributed by atoms with Gasteiger partial charge in [0.15, 0.2) is 11.0 Å². The molecule has 0 aliphatic heterocycles. The number of amides is 1. The topological polar surface area (TPSA) is 75.1 Å². The molecular formula is C5H3Cl2N3O2. The second-order valence-electron chi connectivity index (χ2n) is 1.76. The van der Waals surface area contributed by atoms with Gasteiger partial charge in [0.05, 0.1) is 0 Å². The molecule has 1 amide bonds. The molecule has 1 aromatic heterocycles. The van der Waals surface area contributed by atoms with Crippen LogP contribution in [0.15, 0.2) is 6.33 Å². The summed E-state index contributed by atoms with van der Waals surface area (Å²) >= 11 is 11.0. The fourth-order valence-electron chi connectivity index (χ4n) is 0.537. The number of halogens is 2. The van der Waals surface area contributed by atoms with Crippen LogP contribution >= 0.6 is 23.2 Å². The van der Waals surface area contributed by atoms with Crippen LogP contribution in [0.3, 0.4) is 0 Å². The molecule has 0 spiro atoms. The highest BCUT2D eigenvalue weighted by Crippen LogP contribution is 2.24. The Bertz CT molecular complexity index is 318. The highest BCUT2D eigenvalue weighted by molar-refractivity contribution is 6.42. The second kappa shape index (κ2) is 3.55. The highest BCUT2D eigenvalue weighted by atomic mass is 35.5. The normalized spacial score (nSPS) is 9.50. The van der Waals surface area contributed by atoms with Gasteiger partial charge in [0.2, 0.25) is 0 Å². The minimum absolute atomic E-state index is 0.00965. The van der Waals surface area contributed by atoms with E-state index in [0.29, 0.717) is 0 Å². The smallest absolute Gasteiger partial charge is 0.410 e. The van der Waals surface area contributed by atoms with Crippen LogP contribution in [0.2, 0.25) is 10.2 Å². The zero-order chi connectivity index (χ0) is 9.14. The lowest BCUT2D eigenvalue weighted by molar-refractivity contribution is 0.209. The fourth-order valence-corrected chi connectivity index (χ4v) is 0.815. The van der Waals surface area contributed by atoms with Crippen molar-refractivity contribution in [1.82, 2.24) is 9.97 Å². The number of nitrogens with zero attached hydrogens (tertiary/aromatic N) is 2. The Balaban J connectivity index is 3.00. The summed E-state index contributed by atoms with van der Waals surface area (Å²) in [5.74, 6) is -0.0239. The van der Waals surface area contributed by atoms with Crippen molar-refractivity contribution in [3.63, 3.8) is 0 Å². The molecule has 1 aromatic rings. The van der Waals surface area contributed by atoms with Crippen LogP contribution in [0, 0.1) is 0 Å². The van der Waals surface area contributed by atoms with E-state index in [-0.39, 0.29) is 16.0 Å². The maximum Gasteiger partial charge on any atom is 0.410 e. The quantitative estimate of drug-likeness (QED) is 0.690. The van der Waals surface area contributed by atoms with Gasteiger partial charge >= 0.3 is 6.09 Å². The number of rotatable bonds is 1. The first kappa shape index (κ1) is 9.02. The highest BCUT2D eigenvalue weighted by Gasteiger charge is 2.08. The van der Waals surface area contributed by atoms with Gasteiger partial charge in [-0.3, -0.25) is 5.32 Å². The maximum absolute atomic E-state index is 10.2. The molecule has 12 heavy (non-hydrogen) atoms. The summed E-state index contributed by atoms with van der Waals surface area (Å²) in [5.41, 5.74) is 0. The monoisotopic (exact) mass is 207 g/mol. The van der Waals surface area contributed by atoms with Crippen molar-refractivity contribution in [3.05, 3.63) is 16.5 Å². The van der Waals surface area contributed by atoms with Crippen molar-refractivity contribution in [2.24, 2.45) is 0 Å². The van der Waals surface area contributed by atoms with Crippen LogP contribution in [0.4, 0.5) is 10.6 Å². The van der Waals surface area contributed by atoms with Crippen LogP contribution < -0.4 is 5.32 Å². The number of aromatic nitrogens is 2. The molecule has 0 unspecified atom stereocenters. The minimum Gasteiger partial charge on any atom is -0.465 e. The Hall–Kier alpha value is -1.07. The van der Waals surface area contributed by atoms with E-state index in [2.05, 4.69) is 9.97 Å². The molecule has 0 aromatic carbocycles. The SMILES string of the molecule is O=C(O)Nc1ncnc(Cl)c1Cl. The Morgan fingerprint density at radius 1 is 1.50 bits per heavy atom. The van der Waals surface area contributed by atoms with Crippen molar-refractivity contribution < 1.29 is 9.90 Å². The Kier molecular flexibility index (Phi) is 2.67. The number of hydrogen-bond acceptors (Lipinski definition) is 3. The Labute approximate surface area is 77.3 Å². The summed E-state index contributed by atoms with van der Waals surface area (Å²) in [6.07, 6.45) is -0.147. The largest absolute Gasteiger partial charge is 0.465 e. The number of nitrogens with one attached hydrogen (secondary N) is 1. The van der Waals surface area contributed by atoms with Crippen molar-refractivity contribution in [2.45, 2.75) is 0 Å². The molecular weight excluding hydrogens is 205 g/mol. The molecule has 0 atom stereocenters. The standard InChI is InChI=1S/C5H3Cl2N3O2/c6-2-3(7)8-1-9-4(2)10-5(11)12/h1H,(H,11,12)(H,8,9,10). The molecule has 1 heterocycles. The average Bonchev–Trinajstić information content (AvgIpc) is 1.98. The number of carboxylic acid groups (broad SMARTS) is 1. The van der Waals surface area contributed by atoms with Gasteiger partial charge in [-0.1, -0.05) is 23.2 Å². The van der Waals surface area contributed by atoms with Gasteiger partial charge in [0.1, 0.15) is 11.3 Å². The van der Waals surface area contributed by atoms with Gasteiger partial charge < -0.3 is 5.11 Å². The lowest BCUT2D eigenvalue weighted by Crippen LogP contribution is -2.09. The second-order valence-corrected chi connectivity index (χ2v) is 2.49. The van der Waals surface area contributed by atoms with E-state index < -0.39 is 6.09 Å². The third-order valence-corrected chi connectivity index (χ3v) is 1.71. The predicted octanol–water partition coefficient (Wildman–Crippen LogP) is 1.87. The molecule has 0 fully saturated rings. The van der Waals surface area contributed by atoms with E-state index in [1.54, 1.807) is 0 Å². The number of carbonyl (C=O) groups is 1. The Morgan fingerprint density at radius 2 is 2.17 bits per heavy atom. The molecule has 64 valence electrons. The molecule has 0 saturated carbocycles.